The van der Waals surface area contributed by atoms with Crippen LogP contribution < -0.4 is 4.90 Å². The first-order valence-electron chi connectivity index (χ1n) is 7.04. The molecule has 0 atom stereocenters. The Morgan fingerprint density at radius 1 is 1.10 bits per heavy atom. The molecule has 2 aromatic rings. The number of aryl methyl sites for hydroxylation is 1. The van der Waals surface area contributed by atoms with E-state index < -0.39 is 0 Å². The van der Waals surface area contributed by atoms with Gasteiger partial charge in [0.15, 0.2) is 0 Å². The highest BCUT2D eigenvalue weighted by molar-refractivity contribution is 5.38. The van der Waals surface area contributed by atoms with Gasteiger partial charge in [0.25, 0.3) is 0 Å². The standard InChI is InChI=1S/C14H19N5O/c1-2-13-16-17-14(20-13)11-18-7-9-19(10-8-18)12-5-3-4-6-15-12/h3-6H,2,7-11H2,1H3. The van der Waals surface area contributed by atoms with E-state index >= 15 is 0 Å². The number of piperazine rings is 1. The molecule has 20 heavy (non-hydrogen) atoms. The van der Waals surface area contributed by atoms with E-state index in [0.717, 1.165) is 45.0 Å². The fourth-order valence-corrected chi connectivity index (χ4v) is 2.36. The van der Waals surface area contributed by atoms with Crippen molar-refractivity contribution in [1.82, 2.24) is 20.1 Å². The van der Waals surface area contributed by atoms with Gasteiger partial charge in [-0.2, -0.15) is 0 Å². The Labute approximate surface area is 118 Å². The van der Waals surface area contributed by atoms with Gasteiger partial charge >= 0.3 is 0 Å². The zero-order valence-corrected chi connectivity index (χ0v) is 11.7. The first kappa shape index (κ1) is 13.1. The van der Waals surface area contributed by atoms with Gasteiger partial charge in [-0.1, -0.05) is 13.0 Å². The SMILES string of the molecule is CCc1nnc(CN2CCN(c3ccccn3)CC2)o1. The number of aromatic nitrogens is 3. The Bertz CT molecular complexity index is 534. The van der Waals surface area contributed by atoms with Crippen LogP contribution in [0.1, 0.15) is 18.7 Å². The molecule has 1 aliphatic heterocycles. The predicted molar refractivity (Wildman–Crippen MR) is 75.4 cm³/mol. The fourth-order valence-electron chi connectivity index (χ4n) is 2.36. The second kappa shape index (κ2) is 6.00. The van der Waals surface area contributed by atoms with Crippen molar-refractivity contribution >= 4 is 5.82 Å². The third-order valence-electron chi connectivity index (χ3n) is 3.52. The second-order valence-electron chi connectivity index (χ2n) is 4.89. The van der Waals surface area contributed by atoms with E-state index in [4.69, 9.17) is 4.42 Å². The summed E-state index contributed by atoms with van der Waals surface area (Å²) in [5.74, 6) is 2.48. The summed E-state index contributed by atoms with van der Waals surface area (Å²) in [7, 11) is 0. The molecule has 0 bridgehead atoms. The molecule has 1 saturated heterocycles. The van der Waals surface area contributed by atoms with Crippen LogP contribution in [-0.2, 0) is 13.0 Å². The topological polar surface area (TPSA) is 58.3 Å². The van der Waals surface area contributed by atoms with Crippen LogP contribution in [-0.4, -0.2) is 46.3 Å². The molecule has 0 radical (unpaired) electrons. The lowest BCUT2D eigenvalue weighted by atomic mass is 10.3. The van der Waals surface area contributed by atoms with E-state index in [1.807, 2.05) is 25.3 Å². The lowest BCUT2D eigenvalue weighted by molar-refractivity contribution is 0.224. The summed E-state index contributed by atoms with van der Waals surface area (Å²) in [6.07, 6.45) is 2.63. The van der Waals surface area contributed by atoms with Crippen molar-refractivity contribution in [2.45, 2.75) is 19.9 Å². The molecule has 0 aromatic carbocycles. The molecule has 6 nitrogen and oxygen atoms in total. The predicted octanol–water partition coefficient (Wildman–Crippen LogP) is 1.35. The second-order valence-corrected chi connectivity index (χ2v) is 4.89. The highest BCUT2D eigenvalue weighted by Gasteiger charge is 2.19. The van der Waals surface area contributed by atoms with Crippen molar-refractivity contribution in [2.75, 3.05) is 31.1 Å². The maximum Gasteiger partial charge on any atom is 0.230 e. The Kier molecular flexibility index (Phi) is 3.92. The van der Waals surface area contributed by atoms with Crippen molar-refractivity contribution < 1.29 is 4.42 Å². The monoisotopic (exact) mass is 273 g/mol. The smallest absolute Gasteiger partial charge is 0.230 e. The Hall–Kier alpha value is -1.95. The van der Waals surface area contributed by atoms with Gasteiger partial charge in [-0.3, -0.25) is 4.90 Å². The molecule has 0 unspecified atom stereocenters. The van der Waals surface area contributed by atoms with E-state index in [1.165, 1.54) is 0 Å². The molecule has 0 saturated carbocycles. The number of pyridine rings is 1. The van der Waals surface area contributed by atoms with Crippen LogP contribution in [0.15, 0.2) is 28.8 Å². The van der Waals surface area contributed by atoms with Gasteiger partial charge in [-0.05, 0) is 12.1 Å². The molecule has 0 N–H and O–H groups in total. The van der Waals surface area contributed by atoms with Gasteiger partial charge in [-0.15, -0.1) is 10.2 Å². The first-order chi connectivity index (χ1) is 9.85. The maximum absolute atomic E-state index is 5.56. The zero-order chi connectivity index (χ0) is 13.8. The Morgan fingerprint density at radius 3 is 2.55 bits per heavy atom. The summed E-state index contributed by atoms with van der Waals surface area (Å²) in [5, 5.41) is 8.07. The lowest BCUT2D eigenvalue weighted by Gasteiger charge is -2.34. The van der Waals surface area contributed by atoms with E-state index in [-0.39, 0.29) is 0 Å². The number of nitrogens with zero attached hydrogens (tertiary/aromatic N) is 5. The highest BCUT2D eigenvalue weighted by Crippen LogP contribution is 2.14. The maximum atomic E-state index is 5.56. The van der Waals surface area contributed by atoms with Crippen molar-refractivity contribution in [3.8, 4) is 0 Å². The van der Waals surface area contributed by atoms with Gasteiger partial charge in [0.2, 0.25) is 11.8 Å². The molecular weight excluding hydrogens is 254 g/mol. The molecule has 0 aliphatic carbocycles. The Morgan fingerprint density at radius 2 is 1.90 bits per heavy atom. The van der Waals surface area contributed by atoms with Crippen LogP contribution in [0.5, 0.6) is 0 Å². The minimum atomic E-state index is 0.715. The quantitative estimate of drug-likeness (QED) is 0.838. The van der Waals surface area contributed by atoms with Crippen molar-refractivity contribution in [1.29, 1.82) is 0 Å². The van der Waals surface area contributed by atoms with Crippen molar-refractivity contribution in [3.05, 3.63) is 36.2 Å². The van der Waals surface area contributed by atoms with Gasteiger partial charge in [0, 0.05) is 38.8 Å². The summed E-state index contributed by atoms with van der Waals surface area (Å²) in [4.78, 5) is 9.04. The van der Waals surface area contributed by atoms with E-state index in [1.54, 1.807) is 0 Å². The molecule has 3 heterocycles. The van der Waals surface area contributed by atoms with Crippen molar-refractivity contribution in [2.24, 2.45) is 0 Å². The summed E-state index contributed by atoms with van der Waals surface area (Å²) in [6.45, 7) is 6.68. The molecule has 2 aromatic heterocycles. The average Bonchev–Trinajstić information content (AvgIpc) is 2.97. The number of anilines is 1. The molecule has 1 fully saturated rings. The Balaban J connectivity index is 1.53. The first-order valence-corrected chi connectivity index (χ1v) is 7.04. The van der Waals surface area contributed by atoms with Gasteiger partial charge in [0.05, 0.1) is 6.54 Å². The van der Waals surface area contributed by atoms with Crippen LogP contribution in [0, 0.1) is 0 Å². The van der Waals surface area contributed by atoms with Crippen molar-refractivity contribution in [3.63, 3.8) is 0 Å². The summed E-state index contributed by atoms with van der Waals surface area (Å²) in [5.41, 5.74) is 0. The lowest BCUT2D eigenvalue weighted by Crippen LogP contribution is -2.46. The van der Waals surface area contributed by atoms with Crippen LogP contribution in [0.2, 0.25) is 0 Å². The average molecular weight is 273 g/mol. The van der Waals surface area contributed by atoms with E-state index in [0.29, 0.717) is 11.8 Å². The minimum absolute atomic E-state index is 0.715. The highest BCUT2D eigenvalue weighted by atomic mass is 16.4. The van der Waals surface area contributed by atoms with Gasteiger partial charge < -0.3 is 9.32 Å². The van der Waals surface area contributed by atoms with Gasteiger partial charge in [0.1, 0.15) is 5.82 Å². The molecule has 0 spiro atoms. The van der Waals surface area contributed by atoms with Crippen LogP contribution >= 0.6 is 0 Å². The number of hydrogen-bond acceptors (Lipinski definition) is 6. The molecular formula is C14H19N5O. The van der Waals surface area contributed by atoms with E-state index in [2.05, 4.69) is 31.0 Å². The molecule has 6 heteroatoms. The third kappa shape index (κ3) is 2.96. The molecule has 3 rings (SSSR count). The normalized spacial score (nSPS) is 16.6. The summed E-state index contributed by atoms with van der Waals surface area (Å²) >= 11 is 0. The third-order valence-corrected chi connectivity index (χ3v) is 3.52. The number of hydrogen-bond donors (Lipinski definition) is 0. The number of rotatable bonds is 4. The minimum Gasteiger partial charge on any atom is -0.424 e. The molecule has 1 aliphatic rings. The van der Waals surface area contributed by atoms with Gasteiger partial charge in [-0.25, -0.2) is 4.98 Å². The van der Waals surface area contributed by atoms with Crippen LogP contribution in [0.3, 0.4) is 0 Å². The largest absolute Gasteiger partial charge is 0.424 e. The summed E-state index contributed by atoms with van der Waals surface area (Å²) in [6, 6.07) is 6.03. The zero-order valence-electron chi connectivity index (χ0n) is 11.7. The fraction of sp³-hybridized carbons (Fsp3) is 0.500. The molecule has 106 valence electrons. The summed E-state index contributed by atoms with van der Waals surface area (Å²) < 4.78 is 5.56. The molecule has 0 amide bonds. The van der Waals surface area contributed by atoms with Crippen LogP contribution in [0.25, 0.3) is 0 Å². The van der Waals surface area contributed by atoms with E-state index in [9.17, 15) is 0 Å². The van der Waals surface area contributed by atoms with Crippen LogP contribution in [0.4, 0.5) is 5.82 Å².